The van der Waals surface area contributed by atoms with Gasteiger partial charge in [-0.2, -0.15) is 0 Å². The molecule has 3 unspecified atom stereocenters. The monoisotopic (exact) mass is 1450 g/mol. The van der Waals surface area contributed by atoms with Crippen molar-refractivity contribution in [3.63, 3.8) is 0 Å². The number of benzene rings is 1. The van der Waals surface area contributed by atoms with Crippen LogP contribution in [0, 0.1) is 5.41 Å². The number of aliphatic carboxylic acids is 2. The number of rotatable bonds is 19. The van der Waals surface area contributed by atoms with Crippen molar-refractivity contribution in [2.45, 2.75) is 170 Å². The number of aliphatic hydroxyl groups excluding tert-OH is 1. The molecule has 3 aromatic rings. The molecule has 6 rings (SSSR count). The maximum atomic E-state index is 15.1. The number of amides is 14. The summed E-state index contributed by atoms with van der Waals surface area (Å²) >= 11 is 0. The van der Waals surface area contributed by atoms with Gasteiger partial charge in [0, 0.05) is 80.2 Å². The number of H-pyrrole nitrogens is 1. The molecule has 14 amide bonds. The maximum Gasteiger partial charge on any atom is 0.326 e. The first-order valence-electron chi connectivity index (χ1n) is 32.3. The molecule has 4 bridgehead atoms. The Balaban J connectivity index is 1.53. The number of aromatic amines is 1. The SMILES string of the molecule is C[C@@H](O)[C@@H]1NC(=O)[C@@H]2Cc3cn(nn3)CCC[C@H](C(=O)O)NC(=O)[C@H](CCC(N)=O)NC(=O)C(Cc3c[nH]c4ccccc34)NC(=O)[C@H](CCCNC(N)=O)NC(=O)[C@H](CSSCC(NC(=O)CN)C(=O)N2)NC(=O)[C@H](CCCNC(=N)N)NC(=O)C2CCCN2C(=O)[C@H](CC(=O)O)NC1=O. The molecular weight excluding hydrogens is 1370 g/mol. The fourth-order valence-electron chi connectivity index (χ4n) is 11.1. The van der Waals surface area contributed by atoms with Gasteiger partial charge in [-0.25, -0.2) is 9.59 Å². The highest BCUT2D eigenvalue weighted by Gasteiger charge is 2.43. The number of carbonyl (C=O) groups is 15. The lowest BCUT2D eigenvalue weighted by molar-refractivity contribution is -0.146. The summed E-state index contributed by atoms with van der Waals surface area (Å²) in [7, 11) is 1.65. The van der Waals surface area contributed by atoms with Crippen molar-refractivity contribution in [2.24, 2.45) is 22.9 Å². The summed E-state index contributed by atoms with van der Waals surface area (Å²) in [5.41, 5.74) is 23.1. The Morgan fingerprint density at radius 3 is 1.94 bits per heavy atom. The number of nitrogens with two attached hydrogens (primary N) is 4. The summed E-state index contributed by atoms with van der Waals surface area (Å²) in [4.78, 5) is 213. The predicted molar refractivity (Wildman–Crippen MR) is 359 cm³/mol. The minimum atomic E-state index is -2.01. The Morgan fingerprint density at radius 2 is 1.28 bits per heavy atom. The average Bonchev–Trinajstić information content (AvgIpc) is 1.73. The number of carbonyl (C=O) groups excluding carboxylic acids is 13. The second-order valence-electron chi connectivity index (χ2n) is 24.0. The number of aryl methyl sites for hydroxylation is 1. The van der Waals surface area contributed by atoms with E-state index in [1.807, 2.05) is 0 Å². The molecule has 0 aliphatic carbocycles. The number of hydrogen-bond acceptors (Lipinski definition) is 22. The number of aliphatic hydroxyl groups is 1. The molecule has 2 aromatic heterocycles. The van der Waals surface area contributed by atoms with Gasteiger partial charge in [0.1, 0.15) is 66.5 Å². The third-order valence-electron chi connectivity index (χ3n) is 16.3. The van der Waals surface area contributed by atoms with Gasteiger partial charge in [-0.1, -0.05) is 45.0 Å². The van der Waals surface area contributed by atoms with E-state index in [4.69, 9.17) is 28.3 Å². The molecule has 101 heavy (non-hydrogen) atoms. The van der Waals surface area contributed by atoms with Crippen LogP contribution in [-0.4, -0.2) is 245 Å². The lowest BCUT2D eigenvalue weighted by Gasteiger charge is -2.31. The minimum Gasteiger partial charge on any atom is -0.481 e. The number of nitrogens with zero attached hydrogens (tertiary/aromatic N) is 4. The van der Waals surface area contributed by atoms with Crippen molar-refractivity contribution in [1.82, 2.24) is 88.7 Å². The Kier molecular flexibility index (Phi) is 30.6. The highest BCUT2D eigenvalue weighted by Crippen LogP contribution is 2.25. The van der Waals surface area contributed by atoms with Crippen LogP contribution in [0.3, 0.4) is 0 Å². The largest absolute Gasteiger partial charge is 0.481 e. The summed E-state index contributed by atoms with van der Waals surface area (Å²) in [5.74, 6) is -17.4. The first-order chi connectivity index (χ1) is 48.0. The fraction of sp³-hybridized carbons (Fsp3) is 0.559. The van der Waals surface area contributed by atoms with Crippen LogP contribution < -0.4 is 86.7 Å². The lowest BCUT2D eigenvalue weighted by Crippen LogP contribution is -2.62. The van der Waals surface area contributed by atoms with E-state index in [0.717, 1.165) is 33.4 Å². The maximum absolute atomic E-state index is 15.1. The van der Waals surface area contributed by atoms with E-state index in [2.05, 4.69) is 79.1 Å². The quantitative estimate of drug-likeness (QED) is 0.0229. The van der Waals surface area contributed by atoms with Crippen LogP contribution in [0.1, 0.15) is 88.8 Å². The van der Waals surface area contributed by atoms with Crippen molar-refractivity contribution >= 4 is 127 Å². The van der Waals surface area contributed by atoms with Crippen LogP contribution in [0.4, 0.5) is 4.79 Å². The first-order valence-corrected chi connectivity index (χ1v) is 34.7. The molecule has 3 aliphatic rings. The number of carboxylic acid groups (broad SMARTS) is 2. The van der Waals surface area contributed by atoms with Crippen molar-refractivity contribution in [3.8, 4) is 0 Å². The molecule has 2 fully saturated rings. The molecule has 0 saturated carbocycles. The van der Waals surface area contributed by atoms with Crippen LogP contribution >= 0.6 is 21.6 Å². The molecule has 1 aromatic carbocycles. The van der Waals surface area contributed by atoms with Gasteiger partial charge in [0.2, 0.25) is 70.9 Å². The molecule has 40 nitrogen and oxygen atoms in total. The van der Waals surface area contributed by atoms with Crippen LogP contribution in [0.2, 0.25) is 0 Å². The van der Waals surface area contributed by atoms with Crippen molar-refractivity contribution in [2.75, 3.05) is 37.7 Å². The van der Waals surface area contributed by atoms with Gasteiger partial charge >= 0.3 is 18.0 Å². The lowest BCUT2D eigenvalue weighted by atomic mass is 10.0. The van der Waals surface area contributed by atoms with Crippen LogP contribution in [0.15, 0.2) is 36.7 Å². The van der Waals surface area contributed by atoms with E-state index in [9.17, 15) is 77.6 Å². The number of nitrogens with one attached hydrogen (secondary N) is 14. The minimum absolute atomic E-state index is 0.00626. The van der Waals surface area contributed by atoms with Gasteiger partial charge in [-0.3, -0.25) is 72.4 Å². The van der Waals surface area contributed by atoms with E-state index in [0.29, 0.717) is 16.5 Å². The number of primary amides is 2. The number of para-hydroxylation sites is 1. The zero-order valence-electron chi connectivity index (χ0n) is 54.9. The predicted octanol–water partition coefficient (Wildman–Crippen LogP) is -7.55. The van der Waals surface area contributed by atoms with Crippen LogP contribution in [0.5, 0.6) is 0 Å². The van der Waals surface area contributed by atoms with Gasteiger partial charge < -0.3 is 112 Å². The van der Waals surface area contributed by atoms with E-state index in [1.54, 1.807) is 30.5 Å². The summed E-state index contributed by atoms with van der Waals surface area (Å²) in [6.07, 6.45) is -3.00. The molecule has 0 spiro atoms. The Morgan fingerprint density at radius 1 is 0.683 bits per heavy atom. The van der Waals surface area contributed by atoms with E-state index < -0.39 is 211 Å². The number of carboxylic acids is 2. The van der Waals surface area contributed by atoms with E-state index >= 15 is 9.59 Å². The molecule has 3 aliphatic heterocycles. The first kappa shape index (κ1) is 79.6. The standard InChI is InChI=1S/C59H86N22O18S2/c1-28(82)46-55(95)75-39(22-45(85)86)56(96)81-19-7-13-42(81)54(94)71-34(10-4-16-65-58(62)63)48(88)76-41-27-101-100-26-40(68-44(84)23-60)52(92)74-38(51(91)77-46)21-30-25-80(79-78-30)18-6-12-36(57(97)98)72-49(89)35(14-15-43(61)83)70-50(90)37(20-29-24-67-32-9-3-2-8-31(29)32)73-47(87)33(69-53(41)93)11-5-17-66-59(64)99/h2-3,8-9,24-25,28,33-42,46,67,82H,4-7,10-23,26-27,60H2,1H3,(H2,61,83)(H,68,84)(H,69,93)(H,70,90)(H,71,94)(H,72,89)(H,73,87)(H,74,92)(H,75,95)(H,76,88)(H,77,91)(H,85,86)(H,97,98)(H4,62,63,65)(H3,64,66,99)/t28-,33+,34+,35+,36-,37?,38+,39+,40?,41+,42?,46+/m1/s1. The molecule has 2 saturated heterocycles. The van der Waals surface area contributed by atoms with Crippen molar-refractivity contribution in [3.05, 3.63) is 47.9 Å². The molecular formula is C59H86N22O18S2. The van der Waals surface area contributed by atoms with Gasteiger partial charge in [-0.15, -0.1) is 5.10 Å². The second kappa shape index (κ2) is 38.9. The van der Waals surface area contributed by atoms with Crippen LogP contribution in [-0.2, 0) is 86.5 Å². The summed E-state index contributed by atoms with van der Waals surface area (Å²) in [6, 6.07) is -13.0. The molecule has 12 atom stereocenters. The van der Waals surface area contributed by atoms with E-state index in [-0.39, 0.29) is 89.7 Å². The fourth-order valence-corrected chi connectivity index (χ4v) is 13.4. The average molecular weight is 1460 g/mol. The zero-order valence-corrected chi connectivity index (χ0v) is 56.5. The normalized spacial score (nSPS) is 25.0. The molecule has 5 heterocycles. The molecule has 42 heteroatoms. The van der Waals surface area contributed by atoms with Gasteiger partial charge in [0.25, 0.3) is 0 Å². The zero-order chi connectivity index (χ0) is 74.0. The highest BCUT2D eigenvalue weighted by atomic mass is 33.1. The second-order valence-corrected chi connectivity index (χ2v) is 26.6. The summed E-state index contributed by atoms with van der Waals surface area (Å²) < 4.78 is 1.21. The van der Waals surface area contributed by atoms with E-state index in [1.165, 1.54) is 10.9 Å². The number of hydrogen-bond donors (Lipinski definition) is 21. The van der Waals surface area contributed by atoms with Gasteiger partial charge in [-0.05, 0) is 76.3 Å². The third kappa shape index (κ3) is 24.8. The third-order valence-corrected chi connectivity index (χ3v) is 18.7. The Bertz CT molecular complexity index is 3540. The number of guanidine groups is 1. The topological polar surface area (TPSA) is 639 Å². The summed E-state index contributed by atoms with van der Waals surface area (Å²) in [6.45, 7) is -0.135. The van der Waals surface area contributed by atoms with Gasteiger partial charge in [0.05, 0.1) is 24.8 Å². The van der Waals surface area contributed by atoms with Crippen LogP contribution in [0.25, 0.3) is 10.9 Å². The summed E-state index contributed by atoms with van der Waals surface area (Å²) in [5, 5.41) is 77.8. The molecule has 0 radical (unpaired) electrons. The molecule has 25 N–H and O–H groups in total. The molecule has 552 valence electrons. The smallest absolute Gasteiger partial charge is 0.326 e. The number of fused-ring (bicyclic) bond motifs is 12. The number of urea groups is 1. The number of aromatic nitrogens is 4. The Hall–Kier alpha value is -10.4. The highest BCUT2D eigenvalue weighted by molar-refractivity contribution is 8.76. The van der Waals surface area contributed by atoms with Crippen molar-refractivity contribution in [1.29, 1.82) is 5.41 Å². The van der Waals surface area contributed by atoms with Crippen molar-refractivity contribution < 1.29 is 87.2 Å². The van der Waals surface area contributed by atoms with Gasteiger partial charge in [0.15, 0.2) is 5.96 Å². The Labute approximate surface area is 584 Å².